The number of phenols is 1. The second-order valence-corrected chi connectivity index (χ2v) is 4.25. The standard InChI is InChI=1S/C12H18N2O/c13-7-10-5-6-14(8-10)9-11-3-1-2-4-12(11)15/h1-4,10,15H,5-9,13H2. The van der Waals surface area contributed by atoms with Gasteiger partial charge in [-0.3, -0.25) is 4.90 Å². The lowest BCUT2D eigenvalue weighted by molar-refractivity contribution is 0.311. The van der Waals surface area contributed by atoms with Crippen molar-refractivity contribution in [1.82, 2.24) is 4.90 Å². The fourth-order valence-electron chi connectivity index (χ4n) is 2.13. The van der Waals surface area contributed by atoms with Gasteiger partial charge in [-0.05, 0) is 31.5 Å². The average Bonchev–Trinajstić information content (AvgIpc) is 2.69. The molecule has 0 aromatic heterocycles. The molecule has 1 aromatic carbocycles. The van der Waals surface area contributed by atoms with Crippen LogP contribution in [0.2, 0.25) is 0 Å². The average molecular weight is 206 g/mol. The minimum atomic E-state index is 0.397. The summed E-state index contributed by atoms with van der Waals surface area (Å²) < 4.78 is 0. The molecule has 1 fully saturated rings. The van der Waals surface area contributed by atoms with Crippen molar-refractivity contribution in [3.05, 3.63) is 29.8 Å². The van der Waals surface area contributed by atoms with E-state index in [2.05, 4.69) is 4.90 Å². The van der Waals surface area contributed by atoms with Gasteiger partial charge in [-0.2, -0.15) is 0 Å². The van der Waals surface area contributed by atoms with Crippen molar-refractivity contribution in [2.24, 2.45) is 11.7 Å². The highest BCUT2D eigenvalue weighted by atomic mass is 16.3. The van der Waals surface area contributed by atoms with Crippen LogP contribution in [0.4, 0.5) is 0 Å². The summed E-state index contributed by atoms with van der Waals surface area (Å²) in [6.45, 7) is 3.77. The first kappa shape index (κ1) is 10.5. The molecule has 3 heteroatoms. The fraction of sp³-hybridized carbons (Fsp3) is 0.500. The van der Waals surface area contributed by atoms with Gasteiger partial charge in [-0.1, -0.05) is 18.2 Å². The second-order valence-electron chi connectivity index (χ2n) is 4.25. The third-order valence-electron chi connectivity index (χ3n) is 3.09. The first-order chi connectivity index (χ1) is 7.29. The summed E-state index contributed by atoms with van der Waals surface area (Å²) in [5, 5.41) is 9.64. The van der Waals surface area contributed by atoms with E-state index in [4.69, 9.17) is 5.73 Å². The van der Waals surface area contributed by atoms with Crippen molar-refractivity contribution in [1.29, 1.82) is 0 Å². The minimum Gasteiger partial charge on any atom is -0.508 e. The van der Waals surface area contributed by atoms with Crippen LogP contribution in [0.3, 0.4) is 0 Å². The highest BCUT2D eigenvalue weighted by Gasteiger charge is 2.21. The van der Waals surface area contributed by atoms with Gasteiger partial charge in [0.05, 0.1) is 0 Å². The van der Waals surface area contributed by atoms with Gasteiger partial charge in [0.15, 0.2) is 0 Å². The predicted molar refractivity (Wildman–Crippen MR) is 60.5 cm³/mol. The van der Waals surface area contributed by atoms with Gasteiger partial charge in [0.25, 0.3) is 0 Å². The molecule has 0 spiro atoms. The quantitative estimate of drug-likeness (QED) is 0.780. The maximum absolute atomic E-state index is 9.64. The van der Waals surface area contributed by atoms with Crippen molar-refractivity contribution in [2.75, 3.05) is 19.6 Å². The van der Waals surface area contributed by atoms with Crippen molar-refractivity contribution >= 4 is 0 Å². The predicted octanol–water partition coefficient (Wildman–Crippen LogP) is 1.17. The number of aromatic hydroxyl groups is 1. The number of hydrogen-bond acceptors (Lipinski definition) is 3. The van der Waals surface area contributed by atoms with Gasteiger partial charge >= 0.3 is 0 Å². The smallest absolute Gasteiger partial charge is 0.120 e. The van der Waals surface area contributed by atoms with Crippen LogP contribution in [0.15, 0.2) is 24.3 Å². The number of phenolic OH excluding ortho intramolecular Hbond substituents is 1. The monoisotopic (exact) mass is 206 g/mol. The third kappa shape index (κ3) is 2.49. The molecule has 1 aliphatic rings. The molecule has 3 N–H and O–H groups in total. The molecule has 0 amide bonds. The van der Waals surface area contributed by atoms with Gasteiger partial charge < -0.3 is 10.8 Å². The van der Waals surface area contributed by atoms with Crippen LogP contribution < -0.4 is 5.73 Å². The normalized spacial score (nSPS) is 22.1. The largest absolute Gasteiger partial charge is 0.508 e. The Hall–Kier alpha value is -1.06. The lowest BCUT2D eigenvalue weighted by Gasteiger charge is -2.16. The summed E-state index contributed by atoms with van der Waals surface area (Å²) in [6, 6.07) is 7.54. The number of para-hydroxylation sites is 1. The van der Waals surface area contributed by atoms with Crippen LogP contribution in [0, 0.1) is 5.92 Å². The van der Waals surface area contributed by atoms with Gasteiger partial charge in [0, 0.05) is 18.7 Å². The Balaban J connectivity index is 1.96. The van der Waals surface area contributed by atoms with Gasteiger partial charge in [-0.25, -0.2) is 0 Å². The van der Waals surface area contributed by atoms with E-state index in [1.807, 2.05) is 18.2 Å². The molecule has 82 valence electrons. The van der Waals surface area contributed by atoms with Crippen molar-refractivity contribution in [2.45, 2.75) is 13.0 Å². The molecular weight excluding hydrogens is 188 g/mol. The van der Waals surface area contributed by atoms with Crippen LogP contribution in [-0.2, 0) is 6.54 Å². The molecule has 1 aliphatic heterocycles. The minimum absolute atomic E-state index is 0.397. The molecule has 0 bridgehead atoms. The molecule has 1 aromatic rings. The third-order valence-corrected chi connectivity index (χ3v) is 3.09. The van der Waals surface area contributed by atoms with Gasteiger partial charge in [0.1, 0.15) is 5.75 Å². The van der Waals surface area contributed by atoms with Crippen LogP contribution in [0.25, 0.3) is 0 Å². The summed E-state index contributed by atoms with van der Waals surface area (Å²) in [5.74, 6) is 1.03. The number of benzene rings is 1. The lowest BCUT2D eigenvalue weighted by Crippen LogP contribution is -2.22. The molecule has 1 heterocycles. The summed E-state index contributed by atoms with van der Waals surface area (Å²) >= 11 is 0. The Kier molecular flexibility index (Phi) is 3.23. The second kappa shape index (κ2) is 4.64. The topological polar surface area (TPSA) is 49.5 Å². The summed E-state index contributed by atoms with van der Waals surface area (Å²) in [4.78, 5) is 2.35. The molecule has 0 saturated carbocycles. The fourth-order valence-corrected chi connectivity index (χ4v) is 2.13. The molecule has 1 atom stereocenters. The van der Waals surface area contributed by atoms with Crippen molar-refractivity contribution in [3.8, 4) is 5.75 Å². The van der Waals surface area contributed by atoms with Crippen LogP contribution in [0.5, 0.6) is 5.75 Å². The first-order valence-electron chi connectivity index (χ1n) is 5.49. The molecule has 2 rings (SSSR count). The van der Waals surface area contributed by atoms with E-state index < -0.39 is 0 Å². The zero-order valence-electron chi connectivity index (χ0n) is 8.89. The zero-order chi connectivity index (χ0) is 10.7. The van der Waals surface area contributed by atoms with E-state index in [1.165, 1.54) is 6.42 Å². The van der Waals surface area contributed by atoms with E-state index in [0.29, 0.717) is 11.7 Å². The van der Waals surface area contributed by atoms with Gasteiger partial charge in [0.2, 0.25) is 0 Å². The molecule has 3 nitrogen and oxygen atoms in total. The molecule has 15 heavy (non-hydrogen) atoms. The Bertz CT molecular complexity index is 327. The molecule has 0 aliphatic carbocycles. The highest BCUT2D eigenvalue weighted by Crippen LogP contribution is 2.22. The van der Waals surface area contributed by atoms with E-state index in [0.717, 1.165) is 31.7 Å². The number of hydrogen-bond donors (Lipinski definition) is 2. The SMILES string of the molecule is NCC1CCN(Cc2ccccc2O)C1. The van der Waals surface area contributed by atoms with Crippen molar-refractivity contribution in [3.63, 3.8) is 0 Å². The Morgan fingerprint density at radius 3 is 2.87 bits per heavy atom. The Morgan fingerprint density at radius 2 is 2.20 bits per heavy atom. The van der Waals surface area contributed by atoms with Crippen molar-refractivity contribution < 1.29 is 5.11 Å². The number of nitrogens with zero attached hydrogens (tertiary/aromatic N) is 1. The number of nitrogens with two attached hydrogens (primary N) is 1. The Labute approximate surface area is 90.5 Å². The van der Waals surface area contributed by atoms with Crippen LogP contribution in [0.1, 0.15) is 12.0 Å². The summed E-state index contributed by atoms with van der Waals surface area (Å²) in [5.41, 5.74) is 6.65. The summed E-state index contributed by atoms with van der Waals surface area (Å²) in [7, 11) is 0. The number of likely N-dealkylation sites (tertiary alicyclic amines) is 1. The zero-order valence-corrected chi connectivity index (χ0v) is 8.89. The molecule has 0 radical (unpaired) electrons. The molecule has 1 unspecified atom stereocenters. The van der Waals surface area contributed by atoms with E-state index >= 15 is 0 Å². The summed E-state index contributed by atoms with van der Waals surface area (Å²) in [6.07, 6.45) is 1.18. The van der Waals surface area contributed by atoms with Gasteiger partial charge in [-0.15, -0.1) is 0 Å². The van der Waals surface area contributed by atoms with E-state index in [1.54, 1.807) is 6.07 Å². The first-order valence-corrected chi connectivity index (χ1v) is 5.49. The molecule has 1 saturated heterocycles. The lowest BCUT2D eigenvalue weighted by atomic mass is 10.1. The maximum atomic E-state index is 9.64. The van der Waals surface area contributed by atoms with Crippen LogP contribution in [-0.4, -0.2) is 29.6 Å². The highest BCUT2D eigenvalue weighted by molar-refractivity contribution is 5.31. The Morgan fingerprint density at radius 1 is 1.40 bits per heavy atom. The van der Waals surface area contributed by atoms with E-state index in [9.17, 15) is 5.11 Å². The van der Waals surface area contributed by atoms with E-state index in [-0.39, 0.29) is 0 Å². The number of rotatable bonds is 3. The molecular formula is C12H18N2O. The maximum Gasteiger partial charge on any atom is 0.120 e. The van der Waals surface area contributed by atoms with Crippen LogP contribution >= 0.6 is 0 Å².